The first-order chi connectivity index (χ1) is 15.4. The van der Waals surface area contributed by atoms with Gasteiger partial charge >= 0.3 is 11.7 Å². The number of ether oxygens (including phenoxy) is 1. The lowest BCUT2D eigenvalue weighted by Crippen LogP contribution is -2.11. The van der Waals surface area contributed by atoms with Gasteiger partial charge < -0.3 is 14.4 Å². The minimum Gasteiger partial charge on any atom is -0.490 e. The van der Waals surface area contributed by atoms with Crippen LogP contribution in [0.2, 0.25) is 0 Å². The normalized spacial score (nSPS) is 11.5. The highest BCUT2D eigenvalue weighted by Crippen LogP contribution is 2.32. The largest absolute Gasteiger partial charge is 0.490 e. The van der Waals surface area contributed by atoms with Gasteiger partial charge in [-0.2, -0.15) is 0 Å². The Labute approximate surface area is 190 Å². The number of carboxylic acids is 1. The quantitative estimate of drug-likeness (QED) is 0.249. The fraction of sp³-hybridized carbons (Fsp3) is 0.304. The second-order valence-corrected chi connectivity index (χ2v) is 8.28. The lowest BCUT2D eigenvalue weighted by molar-refractivity contribution is -0.386. The molecule has 0 spiro atoms. The molecule has 1 aromatic carbocycles. The number of carboxylic acid groups (broad SMARTS) is 1. The van der Waals surface area contributed by atoms with Gasteiger partial charge in [0.15, 0.2) is 5.75 Å². The van der Waals surface area contributed by atoms with Crippen molar-refractivity contribution < 1.29 is 19.6 Å². The second-order valence-electron chi connectivity index (χ2n) is 7.24. The van der Waals surface area contributed by atoms with Crippen molar-refractivity contribution >= 4 is 29.1 Å². The van der Waals surface area contributed by atoms with Crippen LogP contribution in [0, 0.1) is 10.1 Å². The number of unbranched alkanes of at least 4 members (excludes halogenated alkanes) is 1. The molecule has 0 saturated heterocycles. The molecule has 8 nitrogen and oxygen atoms in total. The maximum atomic E-state index is 11.9. The number of nitro benzene ring substituents is 1. The first-order valence-electron chi connectivity index (χ1n) is 10.3. The van der Waals surface area contributed by atoms with Crippen molar-refractivity contribution in [3.8, 4) is 5.75 Å². The van der Waals surface area contributed by atoms with E-state index in [0.717, 1.165) is 23.5 Å². The topological polar surface area (TPSA) is 107 Å². The third-order valence-electron chi connectivity index (χ3n) is 5.08. The molecule has 0 aliphatic rings. The van der Waals surface area contributed by atoms with Crippen LogP contribution in [0.5, 0.6) is 5.75 Å². The molecule has 0 saturated carbocycles. The number of methoxy groups -OCH3 is 1. The van der Waals surface area contributed by atoms with Gasteiger partial charge in [-0.3, -0.25) is 10.1 Å². The predicted molar refractivity (Wildman–Crippen MR) is 123 cm³/mol. The van der Waals surface area contributed by atoms with Gasteiger partial charge in [-0.05, 0) is 30.0 Å². The van der Waals surface area contributed by atoms with Crippen LogP contribution >= 0.6 is 11.3 Å². The Kier molecular flexibility index (Phi) is 7.77. The molecule has 1 N–H and O–H groups in total. The van der Waals surface area contributed by atoms with Crippen LogP contribution in [0.1, 0.15) is 41.7 Å². The summed E-state index contributed by atoms with van der Waals surface area (Å²) in [7, 11) is 1.40. The fourth-order valence-electron chi connectivity index (χ4n) is 3.47. The highest BCUT2D eigenvalue weighted by atomic mass is 32.1. The molecule has 0 amide bonds. The monoisotopic (exact) mass is 455 g/mol. The van der Waals surface area contributed by atoms with E-state index in [1.165, 1.54) is 18.4 Å². The summed E-state index contributed by atoms with van der Waals surface area (Å²) in [4.78, 5) is 28.6. The number of aryl methyl sites for hydroxylation is 1. The van der Waals surface area contributed by atoms with Crippen molar-refractivity contribution in [1.82, 2.24) is 9.55 Å². The third kappa shape index (κ3) is 5.42. The molecule has 3 aromatic rings. The van der Waals surface area contributed by atoms with Gasteiger partial charge in [0.25, 0.3) is 0 Å². The minimum absolute atomic E-state index is 0.0999. The van der Waals surface area contributed by atoms with Crippen LogP contribution in [0.15, 0.2) is 47.5 Å². The summed E-state index contributed by atoms with van der Waals surface area (Å²) in [5, 5.41) is 23.4. The average Bonchev–Trinajstić information content (AvgIpc) is 3.41. The number of hydrogen-bond donors (Lipinski definition) is 1. The third-order valence-corrected chi connectivity index (χ3v) is 5.95. The van der Waals surface area contributed by atoms with Crippen LogP contribution in [0.4, 0.5) is 5.69 Å². The van der Waals surface area contributed by atoms with Gasteiger partial charge in [-0.25, -0.2) is 9.78 Å². The molecule has 3 rings (SSSR count). The summed E-state index contributed by atoms with van der Waals surface area (Å²) < 4.78 is 7.05. The highest BCUT2D eigenvalue weighted by molar-refractivity contribution is 7.09. The van der Waals surface area contributed by atoms with Gasteiger partial charge in [-0.1, -0.05) is 31.5 Å². The Morgan fingerprint density at radius 3 is 2.78 bits per heavy atom. The van der Waals surface area contributed by atoms with Crippen molar-refractivity contribution in [2.45, 2.75) is 39.2 Å². The summed E-state index contributed by atoms with van der Waals surface area (Å²) in [5.41, 5.74) is 1.20. The fourth-order valence-corrected chi connectivity index (χ4v) is 4.19. The molecule has 2 heterocycles. The van der Waals surface area contributed by atoms with Crippen molar-refractivity contribution in [2.24, 2.45) is 0 Å². The Bertz CT molecular complexity index is 1120. The van der Waals surface area contributed by atoms with Crippen molar-refractivity contribution in [3.05, 3.63) is 79.6 Å². The number of para-hydroxylation sites is 1. The molecule has 0 radical (unpaired) electrons. The molecule has 2 aromatic heterocycles. The smallest absolute Gasteiger partial charge is 0.332 e. The number of benzene rings is 1. The molecule has 0 bridgehead atoms. The molecular formula is C23H25N3O5S. The van der Waals surface area contributed by atoms with Crippen LogP contribution in [-0.4, -0.2) is 32.7 Å². The van der Waals surface area contributed by atoms with E-state index in [4.69, 9.17) is 4.74 Å². The van der Waals surface area contributed by atoms with E-state index in [-0.39, 0.29) is 23.6 Å². The zero-order valence-electron chi connectivity index (χ0n) is 18.0. The molecule has 168 valence electrons. The van der Waals surface area contributed by atoms with Gasteiger partial charge in [0.2, 0.25) is 0 Å². The second kappa shape index (κ2) is 10.7. The standard InChI is InChI=1S/C23H25N3O5S/c1-3-4-10-21-24-14-18(12-17(23(27)28)13-19-8-6-11-32-19)25(21)15-16-7-5-9-20(31-2)22(16)26(29)30/h5-9,11-12,14H,3-4,10,13,15H2,1-2H3,(H,27,28)/b17-12+. The SMILES string of the molecule is CCCCc1ncc(/C=C(\Cc2cccs2)C(=O)O)n1Cc1cccc(OC)c1[N+](=O)[O-]. The first kappa shape index (κ1) is 23.2. The van der Waals surface area contributed by atoms with Crippen molar-refractivity contribution in [2.75, 3.05) is 7.11 Å². The van der Waals surface area contributed by atoms with Gasteiger partial charge in [0.1, 0.15) is 5.82 Å². The first-order valence-corrected chi connectivity index (χ1v) is 11.1. The van der Waals surface area contributed by atoms with Crippen LogP contribution < -0.4 is 4.74 Å². The van der Waals surface area contributed by atoms with Gasteiger partial charge in [0.05, 0.1) is 36.0 Å². The van der Waals surface area contributed by atoms with Crippen molar-refractivity contribution in [3.63, 3.8) is 0 Å². The number of hydrogen-bond acceptors (Lipinski definition) is 6. The summed E-state index contributed by atoms with van der Waals surface area (Å²) in [6, 6.07) is 8.72. The van der Waals surface area contributed by atoms with Gasteiger partial charge in [0, 0.05) is 23.3 Å². The Balaban J connectivity index is 2.06. The number of aromatic nitrogens is 2. The number of nitrogens with zero attached hydrogens (tertiary/aromatic N) is 3. The van der Waals surface area contributed by atoms with E-state index >= 15 is 0 Å². The highest BCUT2D eigenvalue weighted by Gasteiger charge is 2.22. The maximum Gasteiger partial charge on any atom is 0.332 e. The predicted octanol–water partition coefficient (Wildman–Crippen LogP) is 4.96. The summed E-state index contributed by atoms with van der Waals surface area (Å²) in [6.07, 6.45) is 6.10. The summed E-state index contributed by atoms with van der Waals surface area (Å²) in [5.74, 6) is -0.0616. The molecule has 0 fully saturated rings. The molecule has 9 heteroatoms. The Hall–Kier alpha value is -3.46. The van der Waals surface area contributed by atoms with Gasteiger partial charge in [-0.15, -0.1) is 11.3 Å². The maximum absolute atomic E-state index is 11.9. The summed E-state index contributed by atoms with van der Waals surface area (Å²) in [6.45, 7) is 2.26. The molecule has 0 aliphatic carbocycles. The lowest BCUT2D eigenvalue weighted by Gasteiger charge is -2.13. The minimum atomic E-state index is -1.01. The number of rotatable bonds is 11. The number of aliphatic carboxylic acids is 1. The number of carbonyl (C=O) groups is 1. The summed E-state index contributed by atoms with van der Waals surface area (Å²) >= 11 is 1.50. The van der Waals surface area contributed by atoms with E-state index in [1.807, 2.05) is 22.1 Å². The van der Waals surface area contributed by atoms with E-state index in [1.54, 1.807) is 30.5 Å². The Morgan fingerprint density at radius 1 is 1.34 bits per heavy atom. The number of thiophene rings is 1. The van der Waals surface area contributed by atoms with Crippen molar-refractivity contribution in [1.29, 1.82) is 0 Å². The van der Waals surface area contributed by atoms with Crippen LogP contribution in [0.25, 0.3) is 6.08 Å². The van der Waals surface area contributed by atoms with Crippen LogP contribution in [0.3, 0.4) is 0 Å². The van der Waals surface area contributed by atoms with E-state index in [9.17, 15) is 20.0 Å². The number of imidazole rings is 1. The van der Waals surface area contributed by atoms with E-state index in [0.29, 0.717) is 24.1 Å². The van der Waals surface area contributed by atoms with Crippen LogP contribution in [-0.2, 0) is 24.2 Å². The van der Waals surface area contributed by atoms with E-state index in [2.05, 4.69) is 11.9 Å². The Morgan fingerprint density at radius 2 is 2.16 bits per heavy atom. The molecule has 0 unspecified atom stereocenters. The van der Waals surface area contributed by atoms with E-state index < -0.39 is 10.9 Å². The molecule has 0 aliphatic heterocycles. The number of nitro groups is 1. The lowest BCUT2D eigenvalue weighted by atomic mass is 10.1. The average molecular weight is 456 g/mol. The zero-order chi connectivity index (χ0) is 23.1. The molecule has 0 atom stereocenters. The molecular weight excluding hydrogens is 430 g/mol. The molecule has 32 heavy (non-hydrogen) atoms. The zero-order valence-corrected chi connectivity index (χ0v) is 18.8.